The molecular weight excluding hydrogens is 689 g/mol. The van der Waals surface area contributed by atoms with E-state index in [1.807, 2.05) is 6.08 Å². The molecule has 0 bridgehead atoms. The third kappa shape index (κ3) is 9.03. The molecule has 57 heavy (non-hydrogen) atoms. The lowest BCUT2D eigenvalue weighted by Crippen LogP contribution is -2.29. The highest BCUT2D eigenvalue weighted by atomic mass is 14.9. The van der Waals surface area contributed by atoms with E-state index in [2.05, 4.69) is 225 Å². The Bertz CT molecular complexity index is 2370. The Morgan fingerprint density at radius 3 is 1.82 bits per heavy atom. The van der Waals surface area contributed by atoms with Gasteiger partial charge >= 0.3 is 0 Å². The molecule has 6 aromatic rings. The van der Waals surface area contributed by atoms with E-state index >= 15 is 0 Å². The third-order valence-corrected chi connectivity index (χ3v) is 10.1. The second kappa shape index (κ2) is 20.0. The molecule has 0 spiro atoms. The molecule has 0 fully saturated rings. The van der Waals surface area contributed by atoms with Crippen LogP contribution in [0.3, 0.4) is 0 Å². The molecule has 1 aliphatic carbocycles. The molecule has 0 saturated carbocycles. The van der Waals surface area contributed by atoms with E-state index < -0.39 is 5.41 Å². The average molecular weight is 745 g/mol. The Morgan fingerprint density at radius 2 is 1.21 bits per heavy atom. The number of allylic oxidation sites excluding steroid dienone is 5. The van der Waals surface area contributed by atoms with E-state index in [1.165, 1.54) is 62.1 Å². The van der Waals surface area contributed by atoms with Gasteiger partial charge in [0.15, 0.2) is 5.84 Å². The van der Waals surface area contributed by atoms with Gasteiger partial charge in [0.25, 0.3) is 0 Å². The Hall–Kier alpha value is -6.38. The van der Waals surface area contributed by atoms with Gasteiger partial charge in [-0.3, -0.25) is 4.99 Å². The van der Waals surface area contributed by atoms with Crippen molar-refractivity contribution in [3.63, 3.8) is 0 Å². The van der Waals surface area contributed by atoms with Crippen LogP contribution in [0, 0.1) is 13.8 Å². The summed E-state index contributed by atoms with van der Waals surface area (Å²) in [6.45, 7) is 23.2. The number of amidine groups is 1. The molecular formula is C55H56N2. The first kappa shape index (κ1) is 41.8. The fourth-order valence-corrected chi connectivity index (χ4v) is 7.53. The molecule has 0 saturated heterocycles. The second-order valence-corrected chi connectivity index (χ2v) is 14.2. The molecule has 0 aliphatic heterocycles. The van der Waals surface area contributed by atoms with Gasteiger partial charge < -0.3 is 0 Å². The molecule has 0 heterocycles. The predicted octanol–water partition coefficient (Wildman–Crippen LogP) is 14.6. The first-order valence-corrected chi connectivity index (χ1v) is 19.9. The summed E-state index contributed by atoms with van der Waals surface area (Å²) in [6, 6.07) is 52.4. The number of aryl methyl sites for hydroxylation is 2. The van der Waals surface area contributed by atoms with Crippen molar-refractivity contribution in [2.45, 2.75) is 59.9 Å². The fourth-order valence-electron chi connectivity index (χ4n) is 7.53. The van der Waals surface area contributed by atoms with Crippen LogP contribution in [0.15, 0.2) is 205 Å². The van der Waals surface area contributed by atoms with Crippen molar-refractivity contribution in [3.8, 4) is 22.3 Å². The number of fused-ring (bicyclic) bond motifs is 3. The van der Waals surface area contributed by atoms with Gasteiger partial charge in [-0.25, -0.2) is 4.99 Å². The summed E-state index contributed by atoms with van der Waals surface area (Å²) in [4.78, 5) is 10.1. The van der Waals surface area contributed by atoms with Gasteiger partial charge in [-0.2, -0.15) is 0 Å². The highest BCUT2D eigenvalue weighted by Gasteiger charge is 2.47. The number of hydrogen-bond acceptors (Lipinski definition) is 1. The number of rotatable bonds is 9. The van der Waals surface area contributed by atoms with Crippen LogP contribution in [0.2, 0.25) is 0 Å². The monoisotopic (exact) mass is 744 g/mol. The van der Waals surface area contributed by atoms with Crippen LogP contribution >= 0.6 is 0 Å². The van der Waals surface area contributed by atoms with Crippen LogP contribution in [0.4, 0.5) is 0 Å². The van der Waals surface area contributed by atoms with Gasteiger partial charge in [0, 0.05) is 11.3 Å². The van der Waals surface area contributed by atoms with Crippen LogP contribution in [-0.4, -0.2) is 11.5 Å². The number of aliphatic imine (C=N–C) groups is 2. The zero-order valence-corrected chi connectivity index (χ0v) is 34.6. The first-order valence-electron chi connectivity index (χ1n) is 19.9. The van der Waals surface area contributed by atoms with Crippen molar-refractivity contribution in [1.82, 2.24) is 0 Å². The van der Waals surface area contributed by atoms with Gasteiger partial charge in [0.05, 0.1) is 12.0 Å². The molecule has 0 N–H and O–H groups in total. The highest BCUT2D eigenvalue weighted by Crippen LogP contribution is 2.58. The number of nitrogens with zero attached hydrogens (tertiary/aromatic N) is 2. The SMILES string of the molecule is C=C.C=C/C=C(\C=C/C)C1(c2ccccc2)c2ccccc2-c2c(-c3ccc(CN=C(N=C(C)c4ccc(C)cc4)c4ccc(C)cc4)cc3)cccc21.CCC. The normalized spacial score (nSPS) is 14.8. The third-order valence-electron chi connectivity index (χ3n) is 10.1. The van der Waals surface area contributed by atoms with E-state index in [-0.39, 0.29) is 0 Å². The molecule has 2 heteroatoms. The molecule has 2 nitrogen and oxygen atoms in total. The quantitative estimate of drug-likeness (QED) is 0.0609. The molecule has 7 rings (SSSR count). The zero-order valence-electron chi connectivity index (χ0n) is 34.6. The minimum atomic E-state index is -0.484. The smallest absolute Gasteiger partial charge is 0.155 e. The van der Waals surface area contributed by atoms with Crippen LogP contribution in [-0.2, 0) is 12.0 Å². The molecule has 1 unspecified atom stereocenters. The molecule has 6 aromatic carbocycles. The van der Waals surface area contributed by atoms with E-state index in [0.717, 1.165) is 28.2 Å². The lowest BCUT2D eigenvalue weighted by Gasteiger charge is -2.34. The van der Waals surface area contributed by atoms with Gasteiger partial charge in [-0.1, -0.05) is 208 Å². The van der Waals surface area contributed by atoms with E-state index in [1.54, 1.807) is 0 Å². The maximum absolute atomic E-state index is 5.08. The maximum atomic E-state index is 5.08. The van der Waals surface area contributed by atoms with Gasteiger partial charge in [-0.05, 0) is 83.3 Å². The Balaban J connectivity index is 0.00000118. The zero-order chi connectivity index (χ0) is 40.8. The Morgan fingerprint density at radius 1 is 0.649 bits per heavy atom. The molecule has 1 atom stereocenters. The number of hydrogen-bond donors (Lipinski definition) is 0. The van der Waals surface area contributed by atoms with Crippen LogP contribution in [0.1, 0.15) is 78.6 Å². The summed E-state index contributed by atoms with van der Waals surface area (Å²) in [6.07, 6.45) is 9.69. The summed E-state index contributed by atoms with van der Waals surface area (Å²) in [5, 5.41) is 0. The van der Waals surface area contributed by atoms with Crippen molar-refractivity contribution < 1.29 is 0 Å². The molecule has 286 valence electrons. The van der Waals surface area contributed by atoms with Crippen molar-refractivity contribution >= 4 is 11.5 Å². The maximum Gasteiger partial charge on any atom is 0.155 e. The molecule has 0 amide bonds. The van der Waals surface area contributed by atoms with Crippen molar-refractivity contribution in [3.05, 3.63) is 240 Å². The fraction of sp³-hybridized carbons (Fsp3) is 0.164. The summed E-state index contributed by atoms with van der Waals surface area (Å²) in [5.41, 5.74) is 16.1. The second-order valence-electron chi connectivity index (χ2n) is 14.2. The van der Waals surface area contributed by atoms with Crippen molar-refractivity contribution in [1.29, 1.82) is 0 Å². The lowest BCUT2D eigenvalue weighted by molar-refractivity contribution is 0.767. The summed E-state index contributed by atoms with van der Waals surface area (Å²) in [7, 11) is 0. The van der Waals surface area contributed by atoms with E-state index in [9.17, 15) is 0 Å². The Labute approximate surface area is 342 Å². The minimum absolute atomic E-state index is 0.484. The first-order chi connectivity index (χ1) is 27.8. The summed E-state index contributed by atoms with van der Waals surface area (Å²) >= 11 is 0. The molecule has 0 radical (unpaired) electrons. The van der Waals surface area contributed by atoms with Crippen molar-refractivity contribution in [2.24, 2.45) is 9.98 Å². The van der Waals surface area contributed by atoms with Gasteiger partial charge in [0.2, 0.25) is 0 Å². The molecule has 1 aliphatic rings. The minimum Gasteiger partial charge on any atom is -0.261 e. The van der Waals surface area contributed by atoms with Gasteiger partial charge in [-0.15, -0.1) is 13.2 Å². The van der Waals surface area contributed by atoms with Gasteiger partial charge in [0.1, 0.15) is 0 Å². The topological polar surface area (TPSA) is 24.7 Å². The summed E-state index contributed by atoms with van der Waals surface area (Å²) < 4.78 is 0. The standard InChI is InChI=1S/C50H44N2.C3H8.C2H4/c1-6-14-42(15-7-2)50(43-16-9-8-10-17-43)46-20-12-11-18-45(46)48-44(19-13-21-47(48)50)40-32-26-38(27-33-40)34-51-49(41-30-24-36(4)25-31-41)52-37(5)39-28-22-35(3)23-29-39;1-3-2;1-2/h6-33H,1,34H2,2-5H3;3H2,1-2H3;1-2H2/b15-7-,42-14+,51-49?,52-37?;;. The highest BCUT2D eigenvalue weighted by molar-refractivity contribution is 6.11. The lowest BCUT2D eigenvalue weighted by atomic mass is 9.66. The van der Waals surface area contributed by atoms with Crippen LogP contribution < -0.4 is 0 Å². The predicted molar refractivity (Wildman–Crippen MR) is 249 cm³/mol. The van der Waals surface area contributed by atoms with Crippen molar-refractivity contribution in [2.75, 3.05) is 0 Å². The average Bonchev–Trinajstić information content (AvgIpc) is 3.55. The Kier molecular flexibility index (Phi) is 14.6. The van der Waals surface area contributed by atoms with Crippen LogP contribution in [0.5, 0.6) is 0 Å². The summed E-state index contributed by atoms with van der Waals surface area (Å²) in [5.74, 6) is 0.737. The van der Waals surface area contributed by atoms with E-state index in [0.29, 0.717) is 6.54 Å². The van der Waals surface area contributed by atoms with Crippen LogP contribution in [0.25, 0.3) is 22.3 Å². The number of benzene rings is 6. The van der Waals surface area contributed by atoms with E-state index in [4.69, 9.17) is 9.98 Å². The molecule has 0 aromatic heterocycles. The largest absolute Gasteiger partial charge is 0.261 e.